The van der Waals surface area contributed by atoms with Gasteiger partial charge in [0.25, 0.3) is 0 Å². The third-order valence-electron chi connectivity index (χ3n) is 4.57. The Hall–Kier alpha value is -2.70. The summed E-state index contributed by atoms with van der Waals surface area (Å²) in [4.78, 5) is 25.8. The number of hydrogen-bond donors (Lipinski definition) is 0. The van der Waals surface area contributed by atoms with Gasteiger partial charge in [-0.2, -0.15) is 0 Å². The first-order valence-electron chi connectivity index (χ1n) is 8.57. The van der Waals surface area contributed by atoms with E-state index < -0.39 is 0 Å². The number of benzene rings is 1. The topological polar surface area (TPSA) is 74.3 Å². The van der Waals surface area contributed by atoms with Crippen molar-refractivity contribution in [3.8, 4) is 11.5 Å². The maximum atomic E-state index is 12.7. The van der Waals surface area contributed by atoms with Crippen LogP contribution in [0.5, 0.6) is 11.5 Å². The standard InChI is InChI=1S/C19H23NO6/c1-20(2)19(22)26-14-7-8-15-16(10-14)24-11-17(18(15)21)25-13-6-4-5-12(9-13)23-3/h4-6,9,11,14-16H,7-8,10H2,1-3H3. The smallest absolute Gasteiger partial charge is 0.409 e. The molecule has 1 aromatic carbocycles. The van der Waals surface area contributed by atoms with Crippen LogP contribution in [-0.2, 0) is 14.3 Å². The van der Waals surface area contributed by atoms with Gasteiger partial charge in [-0.15, -0.1) is 0 Å². The maximum absolute atomic E-state index is 12.7. The van der Waals surface area contributed by atoms with E-state index in [1.165, 1.54) is 11.2 Å². The number of Topliss-reactive ketones (excluding diaryl/α,β-unsaturated/α-hetero) is 1. The fourth-order valence-electron chi connectivity index (χ4n) is 3.15. The van der Waals surface area contributed by atoms with E-state index in [1.54, 1.807) is 45.5 Å². The van der Waals surface area contributed by atoms with Gasteiger partial charge in [-0.3, -0.25) is 4.79 Å². The number of allylic oxidation sites excluding steroid dienone is 1. The van der Waals surface area contributed by atoms with E-state index in [-0.39, 0.29) is 35.8 Å². The van der Waals surface area contributed by atoms with Gasteiger partial charge >= 0.3 is 6.09 Å². The van der Waals surface area contributed by atoms with Crippen LogP contribution in [0.25, 0.3) is 0 Å². The zero-order chi connectivity index (χ0) is 18.7. The van der Waals surface area contributed by atoms with E-state index in [1.807, 2.05) is 0 Å². The van der Waals surface area contributed by atoms with E-state index in [2.05, 4.69) is 0 Å². The highest BCUT2D eigenvalue weighted by Crippen LogP contribution is 2.35. The Bertz CT molecular complexity index is 714. The van der Waals surface area contributed by atoms with E-state index in [0.717, 1.165) is 0 Å². The van der Waals surface area contributed by atoms with Gasteiger partial charge in [0.1, 0.15) is 30.0 Å². The molecule has 0 radical (unpaired) electrons. The summed E-state index contributed by atoms with van der Waals surface area (Å²) in [7, 11) is 4.85. The summed E-state index contributed by atoms with van der Waals surface area (Å²) in [5.41, 5.74) is 0. The molecule has 2 aliphatic rings. The normalized spacial score (nSPS) is 24.7. The predicted molar refractivity (Wildman–Crippen MR) is 92.9 cm³/mol. The number of methoxy groups -OCH3 is 1. The highest BCUT2D eigenvalue weighted by Gasteiger charge is 2.42. The van der Waals surface area contributed by atoms with Crippen LogP contribution < -0.4 is 9.47 Å². The molecule has 0 bridgehead atoms. The number of carbonyl (C=O) groups excluding carboxylic acids is 2. The minimum absolute atomic E-state index is 0.0820. The Kier molecular flexibility index (Phi) is 5.35. The van der Waals surface area contributed by atoms with E-state index in [0.29, 0.717) is 30.8 Å². The van der Waals surface area contributed by atoms with Crippen molar-refractivity contribution in [3.63, 3.8) is 0 Å². The van der Waals surface area contributed by atoms with Crippen molar-refractivity contribution in [2.45, 2.75) is 31.5 Å². The molecule has 7 nitrogen and oxygen atoms in total. The minimum Gasteiger partial charge on any atom is -0.497 e. The number of nitrogens with zero attached hydrogens (tertiary/aromatic N) is 1. The number of ketones is 1. The van der Waals surface area contributed by atoms with Crippen molar-refractivity contribution in [2.75, 3.05) is 21.2 Å². The second-order valence-electron chi connectivity index (χ2n) is 6.62. The molecule has 1 saturated carbocycles. The Balaban J connectivity index is 1.64. The zero-order valence-electron chi connectivity index (χ0n) is 15.1. The van der Waals surface area contributed by atoms with Gasteiger partial charge in [0, 0.05) is 26.6 Å². The fraction of sp³-hybridized carbons (Fsp3) is 0.474. The Morgan fingerprint density at radius 1 is 1.23 bits per heavy atom. The molecule has 1 aliphatic heterocycles. The third kappa shape index (κ3) is 3.92. The van der Waals surface area contributed by atoms with Gasteiger partial charge in [0.15, 0.2) is 0 Å². The summed E-state index contributed by atoms with van der Waals surface area (Å²) in [6, 6.07) is 7.04. The summed E-state index contributed by atoms with van der Waals surface area (Å²) in [5.74, 6) is 0.979. The van der Waals surface area contributed by atoms with Crippen molar-refractivity contribution < 1.29 is 28.5 Å². The zero-order valence-corrected chi connectivity index (χ0v) is 15.1. The number of amides is 1. The van der Waals surface area contributed by atoms with Gasteiger partial charge in [-0.05, 0) is 25.0 Å². The number of rotatable bonds is 4. The molecule has 0 aromatic heterocycles. The Morgan fingerprint density at radius 3 is 2.73 bits per heavy atom. The molecule has 1 amide bonds. The number of hydrogen-bond acceptors (Lipinski definition) is 6. The van der Waals surface area contributed by atoms with E-state index >= 15 is 0 Å². The van der Waals surface area contributed by atoms with Crippen LogP contribution in [0.1, 0.15) is 19.3 Å². The lowest BCUT2D eigenvalue weighted by Crippen LogP contribution is -2.43. The lowest BCUT2D eigenvalue weighted by molar-refractivity contribution is -0.132. The molecule has 7 heteroatoms. The molecule has 3 atom stereocenters. The summed E-state index contributed by atoms with van der Waals surface area (Å²) >= 11 is 0. The average Bonchev–Trinajstić information content (AvgIpc) is 2.64. The molecule has 1 heterocycles. The van der Waals surface area contributed by atoms with Gasteiger partial charge < -0.3 is 23.8 Å². The first-order valence-corrected chi connectivity index (χ1v) is 8.57. The van der Waals surface area contributed by atoms with Crippen LogP contribution in [0.15, 0.2) is 36.3 Å². The van der Waals surface area contributed by atoms with Crippen molar-refractivity contribution in [2.24, 2.45) is 5.92 Å². The van der Waals surface area contributed by atoms with Crippen molar-refractivity contribution in [3.05, 3.63) is 36.3 Å². The van der Waals surface area contributed by atoms with Gasteiger partial charge in [-0.25, -0.2) is 4.79 Å². The number of carbonyl (C=O) groups is 2. The molecular formula is C19H23NO6. The quantitative estimate of drug-likeness (QED) is 0.821. The fourth-order valence-corrected chi connectivity index (χ4v) is 3.15. The minimum atomic E-state index is -0.381. The van der Waals surface area contributed by atoms with Gasteiger partial charge in [0.05, 0.1) is 13.0 Å². The van der Waals surface area contributed by atoms with E-state index in [9.17, 15) is 9.59 Å². The van der Waals surface area contributed by atoms with Crippen molar-refractivity contribution in [1.82, 2.24) is 4.90 Å². The van der Waals surface area contributed by atoms with Crippen LogP contribution in [0.4, 0.5) is 4.79 Å². The Morgan fingerprint density at radius 2 is 2.00 bits per heavy atom. The lowest BCUT2D eigenvalue weighted by atomic mass is 9.80. The SMILES string of the molecule is COc1cccc(OC2=COC3CC(OC(=O)N(C)C)CCC3C2=O)c1. The van der Waals surface area contributed by atoms with Crippen LogP contribution in [0.2, 0.25) is 0 Å². The van der Waals surface area contributed by atoms with Crippen LogP contribution >= 0.6 is 0 Å². The predicted octanol–water partition coefficient (Wildman–Crippen LogP) is 2.75. The highest BCUT2D eigenvalue weighted by atomic mass is 16.6. The summed E-state index contributed by atoms with van der Waals surface area (Å²) < 4.78 is 22.0. The summed E-state index contributed by atoms with van der Waals surface area (Å²) in [6.07, 6.45) is 2.16. The molecule has 0 N–H and O–H groups in total. The molecule has 26 heavy (non-hydrogen) atoms. The van der Waals surface area contributed by atoms with Crippen LogP contribution in [0, 0.1) is 5.92 Å². The number of fused-ring (bicyclic) bond motifs is 1. The molecule has 140 valence electrons. The number of ether oxygens (including phenoxy) is 4. The monoisotopic (exact) mass is 361 g/mol. The largest absolute Gasteiger partial charge is 0.497 e. The molecular weight excluding hydrogens is 338 g/mol. The van der Waals surface area contributed by atoms with Crippen LogP contribution in [-0.4, -0.2) is 50.2 Å². The molecule has 0 saturated heterocycles. The van der Waals surface area contributed by atoms with Crippen molar-refractivity contribution >= 4 is 11.9 Å². The molecule has 1 aliphatic carbocycles. The van der Waals surface area contributed by atoms with Crippen molar-refractivity contribution in [1.29, 1.82) is 0 Å². The van der Waals surface area contributed by atoms with Gasteiger partial charge in [0.2, 0.25) is 11.5 Å². The maximum Gasteiger partial charge on any atom is 0.409 e. The van der Waals surface area contributed by atoms with Gasteiger partial charge in [-0.1, -0.05) is 6.07 Å². The van der Waals surface area contributed by atoms with Crippen LogP contribution in [0.3, 0.4) is 0 Å². The molecule has 1 fully saturated rings. The first-order chi connectivity index (χ1) is 12.5. The second kappa shape index (κ2) is 7.68. The second-order valence-corrected chi connectivity index (χ2v) is 6.62. The summed E-state index contributed by atoms with van der Waals surface area (Å²) in [6.45, 7) is 0. The average molecular weight is 361 g/mol. The molecule has 0 spiro atoms. The molecule has 3 unspecified atom stereocenters. The highest BCUT2D eigenvalue weighted by molar-refractivity contribution is 5.96. The third-order valence-corrected chi connectivity index (χ3v) is 4.57. The Labute approximate surface area is 152 Å². The lowest BCUT2D eigenvalue weighted by Gasteiger charge is -2.37. The summed E-state index contributed by atoms with van der Waals surface area (Å²) in [5, 5.41) is 0. The first kappa shape index (κ1) is 18.1. The molecule has 3 rings (SSSR count). The molecule has 1 aromatic rings. The van der Waals surface area contributed by atoms with E-state index in [4.69, 9.17) is 18.9 Å².